The number of rotatable bonds is 6. The van der Waals surface area contributed by atoms with Crippen molar-refractivity contribution in [3.63, 3.8) is 0 Å². The molecular weight excluding hydrogens is 532 g/mol. The van der Waals surface area contributed by atoms with Gasteiger partial charge in [-0.1, -0.05) is 0 Å². The molecule has 0 saturated carbocycles. The number of carbonyl (C=O) groups is 1. The quantitative estimate of drug-likeness (QED) is 0.241. The molecule has 0 aliphatic carbocycles. The lowest BCUT2D eigenvalue weighted by molar-refractivity contribution is 0.0275. The average Bonchev–Trinajstić information content (AvgIpc) is 3.56. The summed E-state index contributed by atoms with van der Waals surface area (Å²) in [6.07, 6.45) is 3.63. The Hall–Kier alpha value is -4.86. The molecular formula is C32H34N6O4. The number of nitrogens with one attached hydrogen (secondary N) is 1. The summed E-state index contributed by atoms with van der Waals surface area (Å²) in [5.74, 6) is 2.86. The number of hydrogen-bond donors (Lipinski definition) is 1. The Kier molecular flexibility index (Phi) is 7.06. The normalized spacial score (nSPS) is 15.3. The molecule has 10 heteroatoms. The molecule has 1 atom stereocenters. The van der Waals surface area contributed by atoms with Crippen LogP contribution < -0.4 is 14.8 Å². The topological polar surface area (TPSA) is 104 Å². The van der Waals surface area contributed by atoms with Crippen LogP contribution in [0.25, 0.3) is 21.9 Å². The molecule has 3 aromatic carbocycles. The zero-order chi connectivity index (χ0) is 29.4. The largest absolute Gasteiger partial charge is 0.488 e. The van der Waals surface area contributed by atoms with Crippen LogP contribution in [0.1, 0.15) is 32.8 Å². The second-order valence-corrected chi connectivity index (χ2v) is 11.6. The minimum Gasteiger partial charge on any atom is -0.488 e. The zero-order valence-corrected chi connectivity index (χ0v) is 24.4. The first kappa shape index (κ1) is 27.3. The molecule has 1 N–H and O–H groups in total. The third-order valence-corrected chi connectivity index (χ3v) is 7.07. The summed E-state index contributed by atoms with van der Waals surface area (Å²) >= 11 is 0. The van der Waals surface area contributed by atoms with Gasteiger partial charge in [0.2, 0.25) is 0 Å². The molecule has 0 spiro atoms. The maximum Gasteiger partial charge on any atom is 0.410 e. The van der Waals surface area contributed by atoms with E-state index in [4.69, 9.17) is 14.2 Å². The number of aryl methyl sites for hydroxylation is 2. The Balaban J connectivity index is 1.15. The molecule has 1 aliphatic heterocycles. The fourth-order valence-electron chi connectivity index (χ4n) is 5.00. The van der Waals surface area contributed by atoms with Gasteiger partial charge in [0.15, 0.2) is 0 Å². The van der Waals surface area contributed by atoms with E-state index in [1.54, 1.807) is 17.6 Å². The van der Waals surface area contributed by atoms with Crippen molar-refractivity contribution < 1.29 is 19.0 Å². The molecule has 3 heterocycles. The Morgan fingerprint density at radius 2 is 1.81 bits per heavy atom. The van der Waals surface area contributed by atoms with Crippen molar-refractivity contribution >= 4 is 39.5 Å². The SMILES string of the molecule is Cc1cc(Nc2ncnc3ccc(O[C@@H]4CCN(C(=O)OC(C)(C)C)C4)cc23)ccc1Oc1ccc2c(c1)ncn2C. The van der Waals surface area contributed by atoms with Crippen LogP contribution in [0.2, 0.25) is 0 Å². The number of amides is 1. The highest BCUT2D eigenvalue weighted by Gasteiger charge is 2.31. The molecule has 0 unspecified atom stereocenters. The second-order valence-electron chi connectivity index (χ2n) is 11.6. The number of aromatic nitrogens is 4. The standard InChI is InChI=1S/C32H34N6O4/c1-20-14-21(6-11-29(20)41-23-8-10-28-27(16-23)35-19-37(28)5)36-30-25-15-22(7-9-26(25)33-18-34-30)40-24-12-13-38(17-24)31(39)42-32(2,3)4/h6-11,14-16,18-19,24H,12-13,17H2,1-5H3,(H,33,34,36)/t24-/m1/s1. The molecule has 42 heavy (non-hydrogen) atoms. The lowest BCUT2D eigenvalue weighted by Gasteiger charge is -2.24. The lowest BCUT2D eigenvalue weighted by atomic mass is 10.1. The third-order valence-electron chi connectivity index (χ3n) is 7.07. The summed E-state index contributed by atoms with van der Waals surface area (Å²) in [6, 6.07) is 17.6. The monoisotopic (exact) mass is 566 g/mol. The number of likely N-dealkylation sites (tertiary alicyclic amines) is 1. The molecule has 6 rings (SSSR count). The van der Waals surface area contributed by atoms with Crippen molar-refractivity contribution in [3.8, 4) is 17.2 Å². The van der Waals surface area contributed by atoms with E-state index in [2.05, 4.69) is 20.3 Å². The number of ether oxygens (including phenoxy) is 3. The number of hydrogen-bond acceptors (Lipinski definition) is 8. The molecule has 1 amide bonds. The van der Waals surface area contributed by atoms with Gasteiger partial charge in [-0.15, -0.1) is 0 Å². The number of imidazole rings is 1. The molecule has 5 aromatic rings. The summed E-state index contributed by atoms with van der Waals surface area (Å²) in [6.45, 7) is 8.68. The van der Waals surface area contributed by atoms with Crippen molar-refractivity contribution in [1.29, 1.82) is 0 Å². The van der Waals surface area contributed by atoms with E-state index in [1.165, 1.54) is 0 Å². The Labute approximate surface area is 244 Å². The minimum atomic E-state index is -0.529. The number of anilines is 2. The fraction of sp³-hybridized carbons (Fsp3) is 0.312. The van der Waals surface area contributed by atoms with Crippen LogP contribution in [0.3, 0.4) is 0 Å². The second kappa shape index (κ2) is 10.8. The van der Waals surface area contributed by atoms with Crippen LogP contribution in [0.5, 0.6) is 17.2 Å². The maximum absolute atomic E-state index is 12.4. The van der Waals surface area contributed by atoms with Gasteiger partial charge < -0.3 is 29.0 Å². The van der Waals surface area contributed by atoms with Gasteiger partial charge in [-0.25, -0.2) is 19.7 Å². The molecule has 10 nitrogen and oxygen atoms in total. The van der Waals surface area contributed by atoms with Gasteiger partial charge in [0.1, 0.15) is 41.1 Å². The van der Waals surface area contributed by atoms with Gasteiger partial charge in [0.05, 0.1) is 29.4 Å². The van der Waals surface area contributed by atoms with Crippen molar-refractivity contribution in [2.24, 2.45) is 7.05 Å². The first-order valence-corrected chi connectivity index (χ1v) is 14.0. The maximum atomic E-state index is 12.4. The summed E-state index contributed by atoms with van der Waals surface area (Å²) in [7, 11) is 1.97. The highest BCUT2D eigenvalue weighted by Crippen LogP contribution is 2.32. The number of carbonyl (C=O) groups excluding carboxylic acids is 1. The average molecular weight is 567 g/mol. The molecule has 0 radical (unpaired) electrons. The van der Waals surface area contributed by atoms with Gasteiger partial charge in [-0.3, -0.25) is 0 Å². The van der Waals surface area contributed by atoms with E-state index >= 15 is 0 Å². The molecule has 1 aliphatic rings. The summed E-state index contributed by atoms with van der Waals surface area (Å²) in [5.41, 5.74) is 4.05. The van der Waals surface area contributed by atoms with E-state index in [-0.39, 0.29) is 12.2 Å². The highest BCUT2D eigenvalue weighted by molar-refractivity contribution is 5.91. The molecule has 216 valence electrons. The van der Waals surface area contributed by atoms with E-state index in [9.17, 15) is 4.79 Å². The van der Waals surface area contributed by atoms with E-state index in [1.807, 2.05) is 93.9 Å². The van der Waals surface area contributed by atoms with Crippen molar-refractivity contribution in [2.75, 3.05) is 18.4 Å². The van der Waals surface area contributed by atoms with E-state index < -0.39 is 5.60 Å². The van der Waals surface area contributed by atoms with E-state index in [0.29, 0.717) is 24.7 Å². The first-order valence-electron chi connectivity index (χ1n) is 14.0. The van der Waals surface area contributed by atoms with Crippen molar-refractivity contribution in [1.82, 2.24) is 24.4 Å². The Morgan fingerprint density at radius 1 is 0.976 bits per heavy atom. The van der Waals surface area contributed by atoms with Gasteiger partial charge in [0, 0.05) is 37.2 Å². The van der Waals surface area contributed by atoms with Gasteiger partial charge in [0.25, 0.3) is 0 Å². The van der Waals surface area contributed by atoms with Gasteiger partial charge in [-0.2, -0.15) is 0 Å². The molecule has 1 fully saturated rings. The van der Waals surface area contributed by atoms with Crippen LogP contribution in [0.4, 0.5) is 16.3 Å². The smallest absolute Gasteiger partial charge is 0.410 e. The fourth-order valence-corrected chi connectivity index (χ4v) is 5.00. The summed E-state index contributed by atoms with van der Waals surface area (Å²) in [5, 5.41) is 4.26. The number of benzene rings is 3. The number of fused-ring (bicyclic) bond motifs is 2. The van der Waals surface area contributed by atoms with Crippen molar-refractivity contribution in [3.05, 3.63) is 72.8 Å². The third kappa shape index (κ3) is 5.93. The van der Waals surface area contributed by atoms with Gasteiger partial charge in [-0.05, 0) is 81.8 Å². The Bertz CT molecular complexity index is 1780. The Morgan fingerprint density at radius 3 is 2.62 bits per heavy atom. The first-order chi connectivity index (χ1) is 20.1. The van der Waals surface area contributed by atoms with Gasteiger partial charge >= 0.3 is 6.09 Å². The summed E-state index contributed by atoms with van der Waals surface area (Å²) in [4.78, 5) is 27.5. The lowest BCUT2D eigenvalue weighted by Crippen LogP contribution is -2.36. The van der Waals surface area contributed by atoms with Crippen LogP contribution in [-0.4, -0.2) is 55.3 Å². The van der Waals surface area contributed by atoms with Crippen LogP contribution >= 0.6 is 0 Å². The summed E-state index contributed by atoms with van der Waals surface area (Å²) < 4.78 is 19.9. The predicted octanol–water partition coefficient (Wildman–Crippen LogP) is 6.75. The van der Waals surface area contributed by atoms with Crippen LogP contribution in [0, 0.1) is 6.92 Å². The molecule has 0 bridgehead atoms. The predicted molar refractivity (Wildman–Crippen MR) is 162 cm³/mol. The molecule has 1 saturated heterocycles. The van der Waals surface area contributed by atoms with Crippen LogP contribution in [-0.2, 0) is 11.8 Å². The van der Waals surface area contributed by atoms with Crippen LogP contribution in [0.15, 0.2) is 67.3 Å². The number of nitrogens with zero attached hydrogens (tertiary/aromatic N) is 5. The van der Waals surface area contributed by atoms with Crippen molar-refractivity contribution in [2.45, 2.75) is 45.8 Å². The van der Waals surface area contributed by atoms with E-state index in [0.717, 1.165) is 51.1 Å². The minimum absolute atomic E-state index is 0.121. The molecule has 2 aromatic heterocycles. The highest BCUT2D eigenvalue weighted by atomic mass is 16.6. The zero-order valence-electron chi connectivity index (χ0n) is 24.4.